The van der Waals surface area contributed by atoms with Crippen LogP contribution >= 0.6 is 7.82 Å². The van der Waals surface area contributed by atoms with Crippen molar-refractivity contribution in [3.05, 3.63) is 0 Å². The summed E-state index contributed by atoms with van der Waals surface area (Å²) in [6.07, 6.45) is 20.1. The first-order valence-corrected chi connectivity index (χ1v) is 16.9. The number of nitrogens with zero attached hydrogens (tertiary/aromatic N) is 1. The van der Waals surface area contributed by atoms with Crippen molar-refractivity contribution in [3.63, 3.8) is 0 Å². The zero-order chi connectivity index (χ0) is 27.7. The third-order valence-corrected chi connectivity index (χ3v) is 9.15. The molecule has 2 aliphatic heterocycles. The first-order valence-electron chi connectivity index (χ1n) is 15.4. The van der Waals surface area contributed by atoms with E-state index in [9.17, 15) is 9.36 Å². The number of phosphoric acid groups is 1. The number of likely N-dealkylation sites (N-methyl/N-ethyl adjacent to an activating group) is 1. The number of hydrogen-bond acceptors (Lipinski definition) is 7. The van der Waals surface area contributed by atoms with Crippen LogP contribution in [-0.4, -0.2) is 69.3 Å². The molecule has 0 bridgehead atoms. The fraction of sp³-hybridized carbons (Fsp3) is 0.966. The van der Waals surface area contributed by atoms with Crippen molar-refractivity contribution >= 4 is 13.8 Å². The fourth-order valence-corrected chi connectivity index (χ4v) is 7.12. The fourth-order valence-electron chi connectivity index (χ4n) is 5.41. The van der Waals surface area contributed by atoms with Gasteiger partial charge in [-0.1, -0.05) is 90.4 Å². The quantitative estimate of drug-likeness (QED) is 0.0619. The molecule has 4 atom stereocenters. The molecule has 0 aromatic heterocycles. The molecule has 2 fully saturated rings. The lowest BCUT2D eigenvalue weighted by molar-refractivity contribution is -0.933. The summed E-state index contributed by atoms with van der Waals surface area (Å²) < 4.78 is 42.0. The van der Waals surface area contributed by atoms with Crippen molar-refractivity contribution < 1.29 is 36.9 Å². The summed E-state index contributed by atoms with van der Waals surface area (Å²) in [5.74, 6) is -0.423. The summed E-state index contributed by atoms with van der Waals surface area (Å²) in [6.45, 7) is 5.28. The van der Waals surface area contributed by atoms with Crippen LogP contribution in [0.1, 0.15) is 123 Å². The molecule has 0 spiro atoms. The third-order valence-electron chi connectivity index (χ3n) is 7.68. The zero-order valence-corrected chi connectivity index (χ0v) is 25.7. The minimum absolute atomic E-state index is 0.0809. The van der Waals surface area contributed by atoms with Gasteiger partial charge in [-0.3, -0.25) is 13.8 Å². The van der Waals surface area contributed by atoms with Gasteiger partial charge in [0, 0.05) is 13.5 Å². The van der Waals surface area contributed by atoms with E-state index in [1.807, 2.05) is 0 Å². The van der Waals surface area contributed by atoms with Gasteiger partial charge < -0.3 is 14.0 Å². The van der Waals surface area contributed by atoms with Crippen molar-refractivity contribution in [3.8, 4) is 0 Å². The van der Waals surface area contributed by atoms with Gasteiger partial charge >= 0.3 is 13.8 Å². The van der Waals surface area contributed by atoms with E-state index in [2.05, 4.69) is 21.0 Å². The second-order valence-corrected chi connectivity index (χ2v) is 13.4. The van der Waals surface area contributed by atoms with Gasteiger partial charge in [0.15, 0.2) is 0 Å². The molecule has 0 aromatic carbocycles. The number of quaternary nitrogens is 1. The average Bonchev–Trinajstić information content (AvgIpc) is 3.15. The minimum atomic E-state index is -3.71. The van der Waals surface area contributed by atoms with Gasteiger partial charge in [0.05, 0.1) is 33.9 Å². The molecule has 2 saturated heterocycles. The predicted octanol–water partition coefficient (Wildman–Crippen LogP) is 7.54. The molecular formula is C29H57NO7P+. The SMILES string of the molecule is CCCCCCCCCCCCCCCCOCC(COP1(=O)OC2CCCC[N+](C)(C)C2O1)OC(C)=O. The molecule has 4 unspecified atom stereocenters. The molecule has 0 radical (unpaired) electrons. The number of carbonyl (C=O) groups excluding carboxylic acids is 1. The Morgan fingerprint density at radius 1 is 0.868 bits per heavy atom. The number of fused-ring (bicyclic) bond motifs is 1. The molecule has 2 rings (SSSR count). The maximum Gasteiger partial charge on any atom is 0.480 e. The smallest absolute Gasteiger partial charge is 0.458 e. The molecule has 38 heavy (non-hydrogen) atoms. The molecule has 8 nitrogen and oxygen atoms in total. The number of unbranched alkanes of at least 4 members (excludes halogenated alkanes) is 13. The van der Waals surface area contributed by atoms with E-state index in [1.54, 1.807) is 0 Å². The van der Waals surface area contributed by atoms with Crippen LogP contribution in [0.15, 0.2) is 0 Å². The molecule has 0 N–H and O–H groups in total. The highest BCUT2D eigenvalue weighted by Gasteiger charge is 2.54. The lowest BCUT2D eigenvalue weighted by Gasteiger charge is -2.34. The maximum atomic E-state index is 13.1. The van der Waals surface area contributed by atoms with Crippen molar-refractivity contribution in [1.29, 1.82) is 0 Å². The molecule has 9 heteroatoms. The number of phosphoric ester groups is 1. The Labute approximate surface area is 232 Å². The van der Waals surface area contributed by atoms with Crippen molar-refractivity contribution in [2.24, 2.45) is 0 Å². The molecule has 2 aliphatic rings. The normalized spacial score (nSPS) is 25.6. The van der Waals surface area contributed by atoms with Crippen LogP contribution < -0.4 is 0 Å². The predicted molar refractivity (Wildman–Crippen MR) is 151 cm³/mol. The summed E-state index contributed by atoms with van der Waals surface area (Å²) in [4.78, 5) is 11.6. The highest BCUT2D eigenvalue weighted by molar-refractivity contribution is 7.48. The van der Waals surface area contributed by atoms with Crippen molar-refractivity contribution in [2.75, 3.05) is 40.5 Å². The standard InChI is InChI=1S/C29H57NO7P/c1-5-6-7-8-9-10-11-12-13-14-15-16-17-20-23-33-24-27(35-26(2)31)25-34-38(32)36-28-21-18-19-22-30(3,4)29(28)37-38/h27-29H,5-25H2,1-4H3/q+1. The maximum absolute atomic E-state index is 13.1. The second kappa shape index (κ2) is 18.8. The van der Waals surface area contributed by atoms with E-state index in [1.165, 1.54) is 84.0 Å². The van der Waals surface area contributed by atoms with Crippen LogP contribution in [0.2, 0.25) is 0 Å². The van der Waals surface area contributed by atoms with Crippen molar-refractivity contribution in [2.45, 2.75) is 141 Å². The number of esters is 1. The Bertz CT molecular complexity index is 690. The number of ether oxygens (including phenoxy) is 2. The van der Waals surface area contributed by atoms with Gasteiger partial charge in [-0.25, -0.2) is 9.09 Å². The molecule has 2 heterocycles. The largest absolute Gasteiger partial charge is 0.480 e. The molecule has 0 aliphatic carbocycles. The molecule has 0 saturated carbocycles. The molecule has 0 amide bonds. The van der Waals surface area contributed by atoms with Crippen LogP contribution in [0.25, 0.3) is 0 Å². The van der Waals surface area contributed by atoms with Crippen LogP contribution in [-0.2, 0) is 32.4 Å². The Morgan fingerprint density at radius 2 is 1.45 bits per heavy atom. The lowest BCUT2D eigenvalue weighted by atomic mass is 10.0. The van der Waals surface area contributed by atoms with E-state index in [-0.39, 0.29) is 25.5 Å². The van der Waals surface area contributed by atoms with Crippen LogP contribution in [0.5, 0.6) is 0 Å². The highest BCUT2D eigenvalue weighted by atomic mass is 31.2. The van der Waals surface area contributed by atoms with Gasteiger partial charge in [-0.2, -0.15) is 0 Å². The summed E-state index contributed by atoms with van der Waals surface area (Å²) in [5.41, 5.74) is 0. The van der Waals surface area contributed by atoms with Gasteiger partial charge in [-0.05, 0) is 25.7 Å². The van der Waals surface area contributed by atoms with Gasteiger partial charge in [0.1, 0.15) is 12.2 Å². The van der Waals surface area contributed by atoms with E-state index in [0.717, 1.165) is 38.6 Å². The zero-order valence-electron chi connectivity index (χ0n) is 24.8. The summed E-state index contributed by atoms with van der Waals surface area (Å²) in [6, 6.07) is 0. The Hall–Kier alpha value is -0.500. The van der Waals surface area contributed by atoms with Gasteiger partial charge in [-0.15, -0.1) is 0 Å². The lowest BCUT2D eigenvalue weighted by Crippen LogP contribution is -2.52. The second-order valence-electron chi connectivity index (χ2n) is 11.8. The monoisotopic (exact) mass is 562 g/mol. The number of likely N-dealkylation sites (tertiary alicyclic amines) is 1. The van der Waals surface area contributed by atoms with Crippen LogP contribution in [0.3, 0.4) is 0 Å². The van der Waals surface area contributed by atoms with Gasteiger partial charge in [0.25, 0.3) is 0 Å². The topological polar surface area (TPSA) is 80.3 Å². The van der Waals surface area contributed by atoms with Gasteiger partial charge in [0.2, 0.25) is 6.23 Å². The molecule has 224 valence electrons. The minimum Gasteiger partial charge on any atom is -0.458 e. The summed E-state index contributed by atoms with van der Waals surface area (Å²) >= 11 is 0. The average molecular weight is 563 g/mol. The number of rotatable bonds is 21. The highest BCUT2D eigenvalue weighted by Crippen LogP contribution is 2.59. The van der Waals surface area contributed by atoms with Crippen LogP contribution in [0, 0.1) is 0 Å². The van der Waals surface area contributed by atoms with Crippen LogP contribution in [0.4, 0.5) is 0 Å². The number of hydrogen-bond donors (Lipinski definition) is 0. The van der Waals surface area contributed by atoms with E-state index < -0.39 is 19.9 Å². The third kappa shape index (κ3) is 13.7. The number of carbonyl (C=O) groups is 1. The van der Waals surface area contributed by atoms with Crippen molar-refractivity contribution in [1.82, 2.24) is 0 Å². The van der Waals surface area contributed by atoms with E-state index in [0.29, 0.717) is 11.1 Å². The molecule has 0 aromatic rings. The Kier molecular flexibility index (Phi) is 16.7. The summed E-state index contributed by atoms with van der Waals surface area (Å²) in [5, 5.41) is 0. The first-order chi connectivity index (χ1) is 18.3. The molecular weight excluding hydrogens is 505 g/mol. The Morgan fingerprint density at radius 3 is 2.03 bits per heavy atom. The van der Waals surface area contributed by atoms with E-state index in [4.69, 9.17) is 23.0 Å². The van der Waals surface area contributed by atoms with E-state index >= 15 is 0 Å². The first kappa shape index (κ1) is 33.7. The Balaban J connectivity index is 1.53. The summed E-state index contributed by atoms with van der Waals surface area (Å²) in [7, 11) is 0.418.